The van der Waals surface area contributed by atoms with Crippen LogP contribution in [0.25, 0.3) is 11.3 Å². The highest BCUT2D eigenvalue weighted by molar-refractivity contribution is 9.10. The summed E-state index contributed by atoms with van der Waals surface area (Å²) in [6, 6.07) is 10.1. The van der Waals surface area contributed by atoms with Gasteiger partial charge in [0.2, 0.25) is 0 Å². The average Bonchev–Trinajstić information content (AvgIpc) is 2.48. The number of aryl methyl sites for hydroxylation is 1. The Morgan fingerprint density at radius 2 is 1.95 bits per heavy atom. The highest BCUT2D eigenvalue weighted by atomic mass is 79.9. The van der Waals surface area contributed by atoms with Crippen molar-refractivity contribution in [2.45, 2.75) is 19.3 Å². The van der Waals surface area contributed by atoms with Gasteiger partial charge in [0, 0.05) is 15.6 Å². The summed E-state index contributed by atoms with van der Waals surface area (Å²) in [5.41, 5.74) is 4.94. The average molecular weight is 332 g/mol. The van der Waals surface area contributed by atoms with Gasteiger partial charge in [0.25, 0.3) is 0 Å². The molecule has 0 radical (unpaired) electrons. The number of rotatable bonds is 2. The van der Waals surface area contributed by atoms with Crippen LogP contribution in [-0.2, 0) is 11.3 Å². The summed E-state index contributed by atoms with van der Waals surface area (Å²) in [6.07, 6.45) is 2.92. The number of halogens is 1. The fourth-order valence-corrected chi connectivity index (χ4v) is 2.64. The largest absolute Gasteiger partial charge is 0.399 e. The molecule has 1 aliphatic carbocycles. The highest BCUT2D eigenvalue weighted by Crippen LogP contribution is 2.25. The summed E-state index contributed by atoms with van der Waals surface area (Å²) >= 11 is 3.44. The Morgan fingerprint density at radius 1 is 1.15 bits per heavy atom. The van der Waals surface area contributed by atoms with Crippen molar-refractivity contribution in [1.29, 1.82) is 0 Å². The zero-order valence-corrected chi connectivity index (χ0v) is 12.7. The second-order valence-electron chi connectivity index (χ2n) is 4.67. The molecule has 0 saturated heterocycles. The molecule has 1 heterocycles. The van der Waals surface area contributed by atoms with Gasteiger partial charge < -0.3 is 4.84 Å². The highest BCUT2D eigenvalue weighted by Gasteiger charge is 2.19. The third-order valence-corrected chi connectivity index (χ3v) is 3.88. The molecule has 0 bridgehead atoms. The maximum atomic E-state index is 4.93. The number of nitrogens with zero attached hydrogens (tertiary/aromatic N) is 3. The molecule has 3 rings (SSSR count). The van der Waals surface area contributed by atoms with Crippen molar-refractivity contribution in [3.8, 4) is 11.3 Å². The van der Waals surface area contributed by atoms with Crippen LogP contribution in [0.2, 0.25) is 0 Å². The van der Waals surface area contributed by atoms with E-state index in [-0.39, 0.29) is 0 Å². The maximum absolute atomic E-state index is 4.93. The topological polar surface area (TPSA) is 47.4 Å². The lowest BCUT2D eigenvalue weighted by molar-refractivity contribution is 0.212. The molecule has 4 nitrogen and oxygen atoms in total. The number of benzene rings is 1. The summed E-state index contributed by atoms with van der Waals surface area (Å²) in [7, 11) is 1.57. The molecule has 1 aromatic heterocycles. The van der Waals surface area contributed by atoms with Crippen molar-refractivity contribution in [3.05, 3.63) is 46.1 Å². The van der Waals surface area contributed by atoms with E-state index in [2.05, 4.69) is 37.3 Å². The Labute approximate surface area is 126 Å². The molecule has 0 atom stereocenters. The summed E-state index contributed by atoms with van der Waals surface area (Å²) in [5, 5.41) is 12.8. The Balaban J connectivity index is 2.05. The van der Waals surface area contributed by atoms with E-state index in [1.165, 1.54) is 0 Å². The molecule has 1 aromatic carbocycles. The zero-order valence-electron chi connectivity index (χ0n) is 11.1. The van der Waals surface area contributed by atoms with Gasteiger partial charge in [-0.15, -0.1) is 0 Å². The van der Waals surface area contributed by atoms with Gasteiger partial charge in [-0.05, 0) is 37.5 Å². The van der Waals surface area contributed by atoms with Gasteiger partial charge in [-0.25, -0.2) is 0 Å². The first kappa shape index (κ1) is 13.2. The van der Waals surface area contributed by atoms with Crippen LogP contribution in [0.3, 0.4) is 0 Å². The first-order valence-electron chi connectivity index (χ1n) is 6.51. The van der Waals surface area contributed by atoms with Gasteiger partial charge in [0.1, 0.15) is 7.11 Å². The number of aromatic nitrogens is 2. The molecule has 20 heavy (non-hydrogen) atoms. The van der Waals surface area contributed by atoms with Gasteiger partial charge >= 0.3 is 0 Å². The lowest BCUT2D eigenvalue weighted by Crippen LogP contribution is -2.15. The minimum absolute atomic E-state index is 0.863. The second-order valence-corrected chi connectivity index (χ2v) is 5.59. The van der Waals surface area contributed by atoms with Crippen LogP contribution in [0.1, 0.15) is 24.1 Å². The van der Waals surface area contributed by atoms with Gasteiger partial charge in [0.15, 0.2) is 0 Å². The first-order chi connectivity index (χ1) is 9.78. The van der Waals surface area contributed by atoms with E-state index in [4.69, 9.17) is 4.84 Å². The van der Waals surface area contributed by atoms with Crippen LogP contribution in [0.15, 0.2) is 40.0 Å². The van der Waals surface area contributed by atoms with Crippen molar-refractivity contribution >= 4 is 21.6 Å². The smallest absolute Gasteiger partial charge is 0.106 e. The van der Waals surface area contributed by atoms with Gasteiger partial charge in [-0.3, -0.25) is 0 Å². The molecular weight excluding hydrogens is 318 g/mol. The minimum Gasteiger partial charge on any atom is -0.399 e. The number of oxime groups is 1. The number of hydrogen-bond acceptors (Lipinski definition) is 4. The van der Waals surface area contributed by atoms with E-state index in [0.29, 0.717) is 0 Å². The van der Waals surface area contributed by atoms with Crippen molar-refractivity contribution in [2.24, 2.45) is 5.16 Å². The van der Waals surface area contributed by atoms with Gasteiger partial charge in [-0.1, -0.05) is 33.2 Å². The lowest BCUT2D eigenvalue weighted by atomic mass is 9.93. The minimum atomic E-state index is 0.863. The molecule has 0 fully saturated rings. The molecule has 0 aliphatic heterocycles. The van der Waals surface area contributed by atoms with Crippen molar-refractivity contribution < 1.29 is 4.84 Å². The maximum Gasteiger partial charge on any atom is 0.106 e. The summed E-state index contributed by atoms with van der Waals surface area (Å²) in [6.45, 7) is 0. The molecule has 2 aromatic rings. The van der Waals surface area contributed by atoms with Crippen molar-refractivity contribution in [1.82, 2.24) is 10.2 Å². The van der Waals surface area contributed by atoms with Gasteiger partial charge in [-0.2, -0.15) is 10.2 Å². The van der Waals surface area contributed by atoms with Crippen LogP contribution in [0.4, 0.5) is 0 Å². The molecule has 0 N–H and O–H groups in total. The lowest BCUT2D eigenvalue weighted by Gasteiger charge is -2.16. The molecule has 5 heteroatoms. The molecular formula is C15H14BrN3O. The van der Waals surface area contributed by atoms with Crippen LogP contribution in [0.5, 0.6) is 0 Å². The van der Waals surface area contributed by atoms with Crippen LogP contribution in [-0.4, -0.2) is 23.0 Å². The van der Waals surface area contributed by atoms with Crippen molar-refractivity contribution in [3.63, 3.8) is 0 Å². The quantitative estimate of drug-likeness (QED) is 0.790. The second kappa shape index (κ2) is 5.71. The third-order valence-electron chi connectivity index (χ3n) is 3.35. The molecule has 102 valence electrons. The Kier molecular flexibility index (Phi) is 3.78. The molecule has 1 aliphatic rings. The molecule has 0 spiro atoms. The third kappa shape index (κ3) is 2.58. The Hall–Kier alpha value is -1.75. The van der Waals surface area contributed by atoms with Crippen LogP contribution >= 0.6 is 15.9 Å². The summed E-state index contributed by atoms with van der Waals surface area (Å²) in [5.74, 6) is 0. The van der Waals surface area contributed by atoms with Gasteiger partial charge in [0.05, 0.1) is 17.1 Å². The van der Waals surface area contributed by atoms with Crippen LogP contribution < -0.4 is 0 Å². The number of hydrogen-bond donors (Lipinski definition) is 0. The molecule has 0 saturated carbocycles. The fourth-order valence-electron chi connectivity index (χ4n) is 2.38. The van der Waals surface area contributed by atoms with E-state index >= 15 is 0 Å². The Bertz CT molecular complexity index is 653. The van der Waals surface area contributed by atoms with E-state index < -0.39 is 0 Å². The fraction of sp³-hybridized carbons (Fsp3) is 0.267. The number of fused-ring (bicyclic) bond motifs is 1. The normalized spacial score (nSPS) is 16.0. The van der Waals surface area contributed by atoms with E-state index in [9.17, 15) is 0 Å². The zero-order chi connectivity index (χ0) is 13.9. The molecule has 0 amide bonds. The standard InChI is InChI=1S/C15H14BrN3O/c1-20-19-14-4-2-3-13-12(14)9-15(18-17-13)10-5-7-11(16)8-6-10/h5-9H,2-4H2,1H3. The molecule has 0 unspecified atom stereocenters. The summed E-state index contributed by atoms with van der Waals surface area (Å²) in [4.78, 5) is 4.93. The Morgan fingerprint density at radius 3 is 2.70 bits per heavy atom. The summed E-state index contributed by atoms with van der Waals surface area (Å²) < 4.78 is 1.05. The van der Waals surface area contributed by atoms with E-state index in [1.807, 2.05) is 24.3 Å². The van der Waals surface area contributed by atoms with E-state index in [1.54, 1.807) is 7.11 Å². The predicted molar refractivity (Wildman–Crippen MR) is 81.7 cm³/mol. The van der Waals surface area contributed by atoms with Crippen LogP contribution in [0, 0.1) is 0 Å². The van der Waals surface area contributed by atoms with E-state index in [0.717, 1.165) is 52.0 Å². The predicted octanol–water partition coefficient (Wildman–Crippen LogP) is 3.59. The monoisotopic (exact) mass is 331 g/mol. The first-order valence-corrected chi connectivity index (χ1v) is 7.30. The van der Waals surface area contributed by atoms with Crippen molar-refractivity contribution in [2.75, 3.05) is 7.11 Å². The SMILES string of the molecule is CON=C1CCCc2nnc(-c3ccc(Br)cc3)cc21.